The van der Waals surface area contributed by atoms with Gasteiger partial charge in [-0.25, -0.2) is 4.68 Å². The maximum Gasteiger partial charge on any atom is 0.0743 e. The molecule has 0 aliphatic carbocycles. The molecule has 0 aliphatic heterocycles. The summed E-state index contributed by atoms with van der Waals surface area (Å²) >= 11 is 3.55. The lowest BCUT2D eigenvalue weighted by Gasteiger charge is -2.08. The highest BCUT2D eigenvalue weighted by molar-refractivity contribution is 9.10. The van der Waals surface area contributed by atoms with Crippen LogP contribution in [0.4, 0.5) is 0 Å². The van der Waals surface area contributed by atoms with Gasteiger partial charge in [-0.15, -0.1) is 0 Å². The third-order valence-corrected chi connectivity index (χ3v) is 3.93. The molecule has 0 atom stereocenters. The predicted molar refractivity (Wildman–Crippen MR) is 70.2 cm³/mol. The predicted octanol–water partition coefficient (Wildman–Crippen LogP) is 3.87. The molecule has 2 nitrogen and oxygen atoms in total. The van der Waals surface area contributed by atoms with Crippen LogP contribution in [0.15, 0.2) is 22.7 Å². The molecule has 2 rings (SSSR count). The molecule has 0 fully saturated rings. The van der Waals surface area contributed by atoms with Gasteiger partial charge >= 0.3 is 0 Å². The number of hydrogen-bond acceptors (Lipinski definition) is 1. The molecule has 0 saturated heterocycles. The number of aryl methyl sites for hydroxylation is 3. The minimum absolute atomic E-state index is 1.03. The molecule has 1 aromatic heterocycles. The van der Waals surface area contributed by atoms with Crippen LogP contribution in [-0.4, -0.2) is 9.78 Å². The average molecular weight is 279 g/mol. The van der Waals surface area contributed by atoms with Crippen LogP contribution in [0.5, 0.6) is 0 Å². The van der Waals surface area contributed by atoms with E-state index in [1.54, 1.807) is 0 Å². The first-order chi connectivity index (χ1) is 7.50. The number of halogens is 1. The molecule has 0 saturated carbocycles. The lowest BCUT2D eigenvalue weighted by Crippen LogP contribution is -2.01. The smallest absolute Gasteiger partial charge is 0.0743 e. The highest BCUT2D eigenvalue weighted by Gasteiger charge is 2.11. The summed E-state index contributed by atoms with van der Waals surface area (Å²) < 4.78 is 3.08. The molecule has 84 valence electrons. The second-order valence-corrected chi connectivity index (χ2v) is 4.98. The van der Waals surface area contributed by atoms with Crippen molar-refractivity contribution >= 4 is 15.9 Å². The summed E-state index contributed by atoms with van der Waals surface area (Å²) in [6.45, 7) is 8.31. The van der Waals surface area contributed by atoms with E-state index in [9.17, 15) is 0 Å². The van der Waals surface area contributed by atoms with E-state index in [0.29, 0.717) is 0 Å². The van der Waals surface area contributed by atoms with E-state index in [2.05, 4.69) is 60.0 Å². The van der Waals surface area contributed by atoms with Crippen LogP contribution in [0.3, 0.4) is 0 Å². The first kappa shape index (κ1) is 11.4. The molecule has 1 aromatic carbocycles. The van der Waals surface area contributed by atoms with E-state index in [4.69, 9.17) is 0 Å². The third kappa shape index (κ3) is 1.80. The van der Waals surface area contributed by atoms with Crippen molar-refractivity contribution in [3.8, 4) is 5.69 Å². The van der Waals surface area contributed by atoms with Crippen molar-refractivity contribution in [3.63, 3.8) is 0 Å². The van der Waals surface area contributed by atoms with Crippen molar-refractivity contribution < 1.29 is 0 Å². The number of nitrogens with zero attached hydrogens (tertiary/aromatic N) is 2. The molecular formula is C13H15BrN2. The minimum atomic E-state index is 1.03. The zero-order chi connectivity index (χ0) is 11.9. The Morgan fingerprint density at radius 2 is 1.81 bits per heavy atom. The van der Waals surface area contributed by atoms with Gasteiger partial charge in [0, 0.05) is 0 Å². The summed E-state index contributed by atoms with van der Waals surface area (Å²) in [5.41, 5.74) is 5.85. The normalized spacial score (nSPS) is 10.8. The van der Waals surface area contributed by atoms with Crippen LogP contribution in [0.1, 0.15) is 22.5 Å². The molecule has 0 amide bonds. The highest BCUT2D eigenvalue weighted by atomic mass is 79.9. The highest BCUT2D eigenvalue weighted by Crippen LogP contribution is 2.24. The second kappa shape index (κ2) is 4.06. The Balaban J connectivity index is 2.63. The second-order valence-electron chi connectivity index (χ2n) is 4.19. The molecule has 0 unspecified atom stereocenters. The Labute approximate surface area is 104 Å². The lowest BCUT2D eigenvalue weighted by atomic mass is 10.1. The zero-order valence-corrected chi connectivity index (χ0v) is 11.6. The molecule has 1 heterocycles. The summed E-state index contributed by atoms with van der Waals surface area (Å²) in [6.07, 6.45) is 0. The molecule has 3 heteroatoms. The van der Waals surface area contributed by atoms with Gasteiger partial charge in [-0.1, -0.05) is 17.7 Å². The van der Waals surface area contributed by atoms with Gasteiger partial charge in [0.25, 0.3) is 0 Å². The van der Waals surface area contributed by atoms with E-state index in [1.165, 1.54) is 11.1 Å². The molecular weight excluding hydrogens is 264 g/mol. The molecule has 0 N–H and O–H groups in total. The van der Waals surface area contributed by atoms with Gasteiger partial charge in [-0.2, -0.15) is 5.10 Å². The molecule has 0 radical (unpaired) electrons. The fourth-order valence-electron chi connectivity index (χ4n) is 1.90. The summed E-state index contributed by atoms with van der Waals surface area (Å²) in [4.78, 5) is 0. The standard InChI is InChI=1S/C13H15BrN2/c1-8-5-6-12(9(2)7-8)16-11(4)13(14)10(3)15-16/h5-7H,1-4H3. The van der Waals surface area contributed by atoms with Gasteiger partial charge in [0.1, 0.15) is 0 Å². The Hall–Kier alpha value is -1.09. The van der Waals surface area contributed by atoms with Crippen LogP contribution in [0.2, 0.25) is 0 Å². The summed E-state index contributed by atoms with van der Waals surface area (Å²) in [6, 6.07) is 6.42. The van der Waals surface area contributed by atoms with Crippen LogP contribution in [0, 0.1) is 27.7 Å². The van der Waals surface area contributed by atoms with E-state index >= 15 is 0 Å². The molecule has 16 heavy (non-hydrogen) atoms. The third-order valence-electron chi connectivity index (χ3n) is 2.78. The number of rotatable bonds is 1. The van der Waals surface area contributed by atoms with Crippen LogP contribution in [-0.2, 0) is 0 Å². The maximum atomic E-state index is 4.54. The zero-order valence-electron chi connectivity index (χ0n) is 10.0. The Kier molecular flexibility index (Phi) is 2.89. The fourth-order valence-corrected chi connectivity index (χ4v) is 2.15. The van der Waals surface area contributed by atoms with Gasteiger partial charge < -0.3 is 0 Å². The van der Waals surface area contributed by atoms with Gasteiger partial charge in [0.05, 0.1) is 21.5 Å². The van der Waals surface area contributed by atoms with Crippen molar-refractivity contribution in [2.24, 2.45) is 0 Å². The fraction of sp³-hybridized carbons (Fsp3) is 0.308. The van der Waals surface area contributed by atoms with Crippen molar-refractivity contribution in [1.82, 2.24) is 9.78 Å². The molecule has 2 aromatic rings. The van der Waals surface area contributed by atoms with E-state index in [0.717, 1.165) is 21.5 Å². The topological polar surface area (TPSA) is 17.8 Å². The van der Waals surface area contributed by atoms with Crippen molar-refractivity contribution in [3.05, 3.63) is 45.2 Å². The summed E-state index contributed by atoms with van der Waals surface area (Å²) in [5.74, 6) is 0. The Morgan fingerprint density at radius 1 is 1.12 bits per heavy atom. The lowest BCUT2D eigenvalue weighted by molar-refractivity contribution is 0.826. The molecule has 0 bridgehead atoms. The van der Waals surface area contributed by atoms with Crippen LogP contribution < -0.4 is 0 Å². The van der Waals surface area contributed by atoms with E-state index < -0.39 is 0 Å². The number of benzene rings is 1. The summed E-state index contributed by atoms with van der Waals surface area (Å²) in [7, 11) is 0. The Bertz CT molecular complexity index is 541. The van der Waals surface area contributed by atoms with Crippen molar-refractivity contribution in [2.45, 2.75) is 27.7 Å². The van der Waals surface area contributed by atoms with E-state index in [-0.39, 0.29) is 0 Å². The Morgan fingerprint density at radius 3 is 2.31 bits per heavy atom. The quantitative estimate of drug-likeness (QED) is 0.774. The van der Waals surface area contributed by atoms with Gasteiger partial charge in [0.15, 0.2) is 0 Å². The SMILES string of the molecule is Cc1ccc(-n2nc(C)c(Br)c2C)c(C)c1. The summed E-state index contributed by atoms with van der Waals surface area (Å²) in [5, 5.41) is 4.54. The first-order valence-electron chi connectivity index (χ1n) is 5.30. The van der Waals surface area contributed by atoms with Gasteiger partial charge in [-0.05, 0) is 55.3 Å². The largest absolute Gasteiger partial charge is 0.236 e. The van der Waals surface area contributed by atoms with Gasteiger partial charge in [-0.3, -0.25) is 0 Å². The number of aromatic nitrogens is 2. The monoisotopic (exact) mass is 278 g/mol. The van der Waals surface area contributed by atoms with Crippen molar-refractivity contribution in [1.29, 1.82) is 0 Å². The first-order valence-corrected chi connectivity index (χ1v) is 6.09. The molecule has 0 aliphatic rings. The van der Waals surface area contributed by atoms with E-state index in [1.807, 2.05) is 11.6 Å². The van der Waals surface area contributed by atoms with Crippen LogP contribution >= 0.6 is 15.9 Å². The van der Waals surface area contributed by atoms with Crippen molar-refractivity contribution in [2.75, 3.05) is 0 Å². The van der Waals surface area contributed by atoms with Gasteiger partial charge in [0.2, 0.25) is 0 Å². The number of hydrogen-bond donors (Lipinski definition) is 0. The van der Waals surface area contributed by atoms with Crippen LogP contribution in [0.25, 0.3) is 5.69 Å². The average Bonchev–Trinajstić information content (AvgIpc) is 2.46. The maximum absolute atomic E-state index is 4.54. The molecule has 0 spiro atoms. The minimum Gasteiger partial charge on any atom is -0.236 e.